The van der Waals surface area contributed by atoms with Crippen molar-refractivity contribution in [2.24, 2.45) is 13.0 Å². The summed E-state index contributed by atoms with van der Waals surface area (Å²) in [6.07, 6.45) is 1.68. The van der Waals surface area contributed by atoms with Crippen LogP contribution in [0.4, 0.5) is 11.4 Å². The Morgan fingerprint density at radius 1 is 1.29 bits per heavy atom. The molecule has 1 amide bonds. The van der Waals surface area contributed by atoms with E-state index in [0.717, 1.165) is 0 Å². The normalized spacial score (nSPS) is 11.4. The van der Waals surface area contributed by atoms with Crippen LogP contribution in [0.3, 0.4) is 0 Å². The lowest BCUT2D eigenvalue weighted by Gasteiger charge is -2.10. The van der Waals surface area contributed by atoms with Crippen LogP contribution in [0.5, 0.6) is 0 Å². The Kier molecular flexibility index (Phi) is 4.05. The lowest BCUT2D eigenvalue weighted by atomic mass is 10.0. The Hall–Kier alpha value is -3.07. The molecule has 0 bridgehead atoms. The number of ketones is 1. The summed E-state index contributed by atoms with van der Waals surface area (Å²) in [5.74, 6) is -2.58. The van der Waals surface area contributed by atoms with E-state index >= 15 is 0 Å². The van der Waals surface area contributed by atoms with Gasteiger partial charge in [-0.15, -0.1) is 0 Å². The van der Waals surface area contributed by atoms with Gasteiger partial charge in [0, 0.05) is 24.6 Å². The number of nitriles is 1. The number of amides is 1. The highest BCUT2D eigenvalue weighted by molar-refractivity contribution is 6.15. The summed E-state index contributed by atoms with van der Waals surface area (Å²) in [6, 6.07) is 11.5. The van der Waals surface area contributed by atoms with Gasteiger partial charge in [0.25, 0.3) is 0 Å². The van der Waals surface area contributed by atoms with Crippen LogP contribution in [0, 0.1) is 17.2 Å². The van der Waals surface area contributed by atoms with Gasteiger partial charge >= 0.3 is 0 Å². The minimum atomic E-state index is -1.39. The number of hydrogen-bond acceptors (Lipinski definition) is 4. The van der Waals surface area contributed by atoms with E-state index in [2.05, 4.69) is 5.32 Å². The molecule has 0 saturated carbocycles. The second-order valence-electron chi connectivity index (χ2n) is 4.54. The maximum atomic E-state index is 12.2. The Morgan fingerprint density at radius 2 is 1.95 bits per heavy atom. The Labute approximate surface area is 121 Å². The van der Waals surface area contributed by atoms with Crippen molar-refractivity contribution in [1.29, 1.82) is 5.26 Å². The third-order valence-electron chi connectivity index (χ3n) is 3.03. The number of carbonyl (C=O) groups is 2. The predicted octanol–water partition coefficient (Wildman–Crippen LogP) is 1.57. The minimum Gasteiger partial charge on any atom is -0.399 e. The summed E-state index contributed by atoms with van der Waals surface area (Å²) >= 11 is 0. The van der Waals surface area contributed by atoms with Gasteiger partial charge in [-0.2, -0.15) is 5.26 Å². The van der Waals surface area contributed by atoms with Crippen LogP contribution in [0.1, 0.15) is 10.5 Å². The highest BCUT2D eigenvalue weighted by Crippen LogP contribution is 2.14. The molecule has 1 aromatic carbocycles. The highest BCUT2D eigenvalue weighted by Gasteiger charge is 2.29. The van der Waals surface area contributed by atoms with E-state index in [1.807, 2.05) is 0 Å². The van der Waals surface area contributed by atoms with Gasteiger partial charge < -0.3 is 15.6 Å². The van der Waals surface area contributed by atoms with Crippen LogP contribution in [-0.4, -0.2) is 16.3 Å². The number of rotatable bonds is 4. The summed E-state index contributed by atoms with van der Waals surface area (Å²) in [5.41, 5.74) is 6.91. The first kappa shape index (κ1) is 14.3. The maximum Gasteiger partial charge on any atom is 0.249 e. The molecule has 0 spiro atoms. The van der Waals surface area contributed by atoms with E-state index in [1.165, 1.54) is 0 Å². The standard InChI is InChI=1S/C15H14N4O2/c1-19-8-2-3-13(19)14(20)12(9-16)15(21)18-11-6-4-10(17)5-7-11/h2-8,12H,17H2,1H3,(H,18,21). The second-order valence-corrected chi connectivity index (χ2v) is 4.54. The number of benzene rings is 1. The zero-order valence-electron chi connectivity index (χ0n) is 11.4. The van der Waals surface area contributed by atoms with E-state index in [0.29, 0.717) is 17.1 Å². The molecule has 0 aliphatic heterocycles. The van der Waals surface area contributed by atoms with Gasteiger partial charge in [0.1, 0.15) is 0 Å². The lowest BCUT2D eigenvalue weighted by Crippen LogP contribution is -2.29. The van der Waals surface area contributed by atoms with Crippen LogP contribution < -0.4 is 11.1 Å². The van der Waals surface area contributed by atoms with Gasteiger partial charge in [-0.05, 0) is 36.4 Å². The van der Waals surface area contributed by atoms with Crippen molar-refractivity contribution in [2.45, 2.75) is 0 Å². The second kappa shape index (κ2) is 5.92. The molecule has 0 fully saturated rings. The molecular formula is C15H14N4O2. The number of nitrogens with two attached hydrogens (primary N) is 1. The van der Waals surface area contributed by atoms with Crippen LogP contribution in [0.25, 0.3) is 0 Å². The Balaban J connectivity index is 2.16. The zero-order chi connectivity index (χ0) is 15.4. The average molecular weight is 282 g/mol. The van der Waals surface area contributed by atoms with E-state index < -0.39 is 17.6 Å². The van der Waals surface area contributed by atoms with E-state index in [1.54, 1.807) is 60.3 Å². The van der Waals surface area contributed by atoms with Crippen LogP contribution >= 0.6 is 0 Å². The molecule has 0 saturated heterocycles. The molecule has 1 unspecified atom stereocenters. The fourth-order valence-corrected chi connectivity index (χ4v) is 1.88. The average Bonchev–Trinajstić information content (AvgIpc) is 2.88. The van der Waals surface area contributed by atoms with Gasteiger partial charge in [0.2, 0.25) is 11.7 Å². The fraction of sp³-hybridized carbons (Fsp3) is 0.133. The number of anilines is 2. The summed E-state index contributed by atoms with van der Waals surface area (Å²) in [5, 5.41) is 11.7. The zero-order valence-corrected chi connectivity index (χ0v) is 11.4. The van der Waals surface area contributed by atoms with Crippen molar-refractivity contribution in [3.05, 3.63) is 48.3 Å². The number of nitrogens with one attached hydrogen (secondary N) is 1. The topological polar surface area (TPSA) is 101 Å². The lowest BCUT2D eigenvalue weighted by molar-refractivity contribution is -0.117. The number of nitrogens with zero attached hydrogens (tertiary/aromatic N) is 2. The fourth-order valence-electron chi connectivity index (χ4n) is 1.88. The number of nitrogen functional groups attached to an aromatic ring is 1. The first-order valence-electron chi connectivity index (χ1n) is 6.24. The summed E-state index contributed by atoms with van der Waals surface area (Å²) in [6.45, 7) is 0. The molecule has 2 rings (SSSR count). The molecule has 0 aliphatic rings. The minimum absolute atomic E-state index is 0.314. The van der Waals surface area contributed by atoms with Crippen molar-refractivity contribution in [3.63, 3.8) is 0 Å². The summed E-state index contributed by atoms with van der Waals surface area (Å²) in [7, 11) is 1.68. The number of Topliss-reactive ketones (excluding diaryl/α,β-unsaturated/α-hetero) is 1. The number of aryl methyl sites for hydroxylation is 1. The van der Waals surface area contributed by atoms with Crippen molar-refractivity contribution < 1.29 is 9.59 Å². The molecule has 1 heterocycles. The molecule has 6 heteroatoms. The maximum absolute atomic E-state index is 12.2. The third kappa shape index (κ3) is 3.09. The molecular weight excluding hydrogens is 268 g/mol. The molecule has 3 N–H and O–H groups in total. The van der Waals surface area contributed by atoms with Gasteiger partial charge in [-0.25, -0.2) is 0 Å². The van der Waals surface area contributed by atoms with E-state index in [-0.39, 0.29) is 0 Å². The molecule has 0 aliphatic carbocycles. The summed E-state index contributed by atoms with van der Waals surface area (Å²) < 4.78 is 1.57. The van der Waals surface area contributed by atoms with E-state index in [9.17, 15) is 9.59 Å². The number of carbonyl (C=O) groups excluding carboxylic acids is 2. The largest absolute Gasteiger partial charge is 0.399 e. The van der Waals surface area contributed by atoms with Gasteiger partial charge in [0.05, 0.1) is 11.8 Å². The first-order chi connectivity index (χ1) is 10.0. The van der Waals surface area contributed by atoms with Crippen LogP contribution in [0.15, 0.2) is 42.6 Å². The predicted molar refractivity (Wildman–Crippen MR) is 78.3 cm³/mol. The first-order valence-corrected chi connectivity index (χ1v) is 6.24. The van der Waals surface area contributed by atoms with Gasteiger partial charge in [-0.1, -0.05) is 0 Å². The molecule has 21 heavy (non-hydrogen) atoms. The molecule has 106 valence electrons. The smallest absolute Gasteiger partial charge is 0.249 e. The van der Waals surface area contributed by atoms with Crippen molar-refractivity contribution >= 4 is 23.1 Å². The SMILES string of the molecule is Cn1cccc1C(=O)C(C#N)C(=O)Nc1ccc(N)cc1. The quantitative estimate of drug-likeness (QED) is 0.505. The van der Waals surface area contributed by atoms with E-state index in [4.69, 9.17) is 11.0 Å². The number of aromatic nitrogens is 1. The van der Waals surface area contributed by atoms with Crippen molar-refractivity contribution in [1.82, 2.24) is 4.57 Å². The summed E-state index contributed by atoms with van der Waals surface area (Å²) in [4.78, 5) is 24.3. The third-order valence-corrected chi connectivity index (χ3v) is 3.03. The van der Waals surface area contributed by atoms with Crippen molar-refractivity contribution in [2.75, 3.05) is 11.1 Å². The van der Waals surface area contributed by atoms with Crippen molar-refractivity contribution in [3.8, 4) is 6.07 Å². The van der Waals surface area contributed by atoms with Crippen LogP contribution in [0.2, 0.25) is 0 Å². The van der Waals surface area contributed by atoms with Gasteiger partial charge in [-0.3, -0.25) is 9.59 Å². The molecule has 1 atom stereocenters. The molecule has 2 aromatic rings. The highest BCUT2D eigenvalue weighted by atomic mass is 16.2. The monoisotopic (exact) mass is 282 g/mol. The Bertz CT molecular complexity index is 710. The Morgan fingerprint density at radius 3 is 2.48 bits per heavy atom. The van der Waals surface area contributed by atoms with Gasteiger partial charge in [0.15, 0.2) is 5.92 Å². The number of hydrogen-bond donors (Lipinski definition) is 2. The molecule has 0 radical (unpaired) electrons. The molecule has 6 nitrogen and oxygen atoms in total. The van der Waals surface area contributed by atoms with Crippen LogP contribution in [-0.2, 0) is 11.8 Å². The molecule has 1 aromatic heterocycles.